The van der Waals surface area contributed by atoms with E-state index in [1.165, 1.54) is 0 Å². The van der Waals surface area contributed by atoms with E-state index in [-0.39, 0.29) is 5.75 Å². The number of aromatic nitrogens is 3. The molecule has 0 spiro atoms. The number of nitrogens with one attached hydrogen (secondary N) is 1. The number of ether oxygens (including phenoxy) is 1. The molecule has 0 bridgehead atoms. The van der Waals surface area contributed by atoms with E-state index in [0.29, 0.717) is 29.6 Å². The Kier molecular flexibility index (Phi) is 4.99. The Morgan fingerprint density at radius 3 is 2.36 bits per heavy atom. The van der Waals surface area contributed by atoms with Crippen LogP contribution < -0.4 is 9.46 Å². The summed E-state index contributed by atoms with van der Waals surface area (Å²) in [6.07, 6.45) is 4.32. The zero-order valence-corrected chi connectivity index (χ0v) is 14.5. The van der Waals surface area contributed by atoms with Gasteiger partial charge in [-0.05, 0) is 48.9 Å². The Hall–Kier alpha value is -2.87. The molecule has 1 aromatic carbocycles. The molecule has 3 aromatic rings. The molecule has 2 aromatic heterocycles. The first-order valence-corrected chi connectivity index (χ1v) is 9.46. The van der Waals surface area contributed by atoms with Gasteiger partial charge in [0.05, 0.1) is 5.75 Å². The highest BCUT2D eigenvalue weighted by atomic mass is 32.2. The molecule has 0 atom stereocenters. The van der Waals surface area contributed by atoms with Crippen LogP contribution in [0.15, 0.2) is 60.9 Å². The Bertz CT molecular complexity index is 906. The zero-order chi connectivity index (χ0) is 17.7. The van der Waals surface area contributed by atoms with Crippen LogP contribution >= 0.6 is 0 Å². The molecule has 0 aliphatic heterocycles. The summed E-state index contributed by atoms with van der Waals surface area (Å²) in [5.74, 6) is 1.68. The smallest absolute Gasteiger partial charge is 0.238 e. The highest BCUT2D eigenvalue weighted by molar-refractivity contribution is 7.92. The fourth-order valence-corrected chi connectivity index (χ4v) is 3.34. The van der Waals surface area contributed by atoms with Crippen molar-refractivity contribution < 1.29 is 13.2 Å². The number of benzene rings is 1. The third kappa shape index (κ3) is 4.57. The predicted octanol–water partition coefficient (Wildman–Crippen LogP) is 3.21. The molecule has 8 heteroatoms. The fourth-order valence-electron chi connectivity index (χ4n) is 2.20. The average molecular weight is 358 g/mol. The first kappa shape index (κ1) is 17.0. The molecule has 130 valence electrons. The molecule has 1 N–H and O–H groups in total. The lowest BCUT2D eigenvalue weighted by molar-refractivity contribution is 0.454. The number of nitrogens with zero attached hydrogens (tertiary/aromatic N) is 3. The Labute approximate surface area is 146 Å². The number of sulfonamides is 1. The number of rotatable bonds is 7. The van der Waals surface area contributed by atoms with Gasteiger partial charge in [0.2, 0.25) is 15.9 Å². The molecular formula is C17H18N4O3S. The molecule has 0 radical (unpaired) electrons. The van der Waals surface area contributed by atoms with E-state index in [4.69, 9.17) is 4.74 Å². The molecule has 0 aliphatic carbocycles. The van der Waals surface area contributed by atoms with Crippen molar-refractivity contribution >= 4 is 15.7 Å². The quantitative estimate of drug-likeness (QED) is 0.701. The molecule has 0 amide bonds. The van der Waals surface area contributed by atoms with Crippen LogP contribution in [0.1, 0.15) is 13.3 Å². The van der Waals surface area contributed by atoms with Gasteiger partial charge >= 0.3 is 0 Å². The zero-order valence-electron chi connectivity index (χ0n) is 13.7. The van der Waals surface area contributed by atoms with Crippen molar-refractivity contribution in [2.45, 2.75) is 13.3 Å². The second-order valence-electron chi connectivity index (χ2n) is 5.37. The van der Waals surface area contributed by atoms with Gasteiger partial charge in [-0.2, -0.15) is 0 Å². The Morgan fingerprint density at radius 1 is 1.04 bits per heavy atom. The van der Waals surface area contributed by atoms with Crippen molar-refractivity contribution in [3.63, 3.8) is 0 Å². The van der Waals surface area contributed by atoms with E-state index in [0.717, 1.165) is 0 Å². The van der Waals surface area contributed by atoms with Gasteiger partial charge in [0, 0.05) is 24.1 Å². The van der Waals surface area contributed by atoms with Crippen LogP contribution in [0.5, 0.6) is 11.6 Å². The van der Waals surface area contributed by atoms with Crippen molar-refractivity contribution in [3.05, 3.63) is 60.9 Å². The van der Waals surface area contributed by atoms with Crippen LogP contribution in [0.2, 0.25) is 0 Å². The van der Waals surface area contributed by atoms with Crippen LogP contribution in [-0.2, 0) is 10.0 Å². The van der Waals surface area contributed by atoms with E-state index in [1.54, 1.807) is 36.4 Å². The predicted molar refractivity (Wildman–Crippen MR) is 95.6 cm³/mol. The van der Waals surface area contributed by atoms with Gasteiger partial charge in [-0.1, -0.05) is 6.92 Å². The Balaban J connectivity index is 1.65. The minimum Gasteiger partial charge on any atom is -0.438 e. The minimum absolute atomic E-state index is 0.0918. The third-order valence-electron chi connectivity index (χ3n) is 3.32. The van der Waals surface area contributed by atoms with E-state index in [9.17, 15) is 8.42 Å². The van der Waals surface area contributed by atoms with Crippen molar-refractivity contribution in [1.82, 2.24) is 14.8 Å². The molecule has 0 saturated heterocycles. The normalized spacial score (nSPS) is 11.2. The highest BCUT2D eigenvalue weighted by Crippen LogP contribution is 2.22. The molecule has 2 heterocycles. The molecule has 25 heavy (non-hydrogen) atoms. The summed E-state index contributed by atoms with van der Waals surface area (Å²) in [7, 11) is -3.30. The monoisotopic (exact) mass is 358 g/mol. The summed E-state index contributed by atoms with van der Waals surface area (Å²) in [5.41, 5.74) is 0.495. The summed E-state index contributed by atoms with van der Waals surface area (Å²) in [5, 5.41) is 8.13. The highest BCUT2D eigenvalue weighted by Gasteiger charge is 2.09. The third-order valence-corrected chi connectivity index (χ3v) is 4.81. The molecule has 0 aliphatic rings. The van der Waals surface area contributed by atoms with E-state index in [1.807, 2.05) is 36.0 Å². The number of anilines is 1. The standard InChI is InChI=1S/C17H18N4O3S/c1-2-13-25(22,23)20-14-5-7-15(8-6-14)24-17-10-9-16(18-19-17)21-11-3-4-12-21/h3-12,20H,2,13H2,1H3. The maximum absolute atomic E-state index is 11.7. The van der Waals surface area contributed by atoms with Crippen LogP contribution in [0.25, 0.3) is 5.82 Å². The van der Waals surface area contributed by atoms with Crippen LogP contribution in [0.4, 0.5) is 5.69 Å². The van der Waals surface area contributed by atoms with Crippen LogP contribution in [-0.4, -0.2) is 28.9 Å². The number of hydrogen-bond donors (Lipinski definition) is 1. The largest absolute Gasteiger partial charge is 0.438 e. The van der Waals surface area contributed by atoms with Gasteiger partial charge in [0.15, 0.2) is 5.82 Å². The average Bonchev–Trinajstić information content (AvgIpc) is 3.11. The lowest BCUT2D eigenvalue weighted by atomic mass is 10.3. The van der Waals surface area contributed by atoms with Gasteiger partial charge in [0.25, 0.3) is 0 Å². The minimum atomic E-state index is -3.30. The van der Waals surface area contributed by atoms with Crippen molar-refractivity contribution in [2.24, 2.45) is 0 Å². The van der Waals surface area contributed by atoms with E-state index < -0.39 is 10.0 Å². The molecule has 0 saturated carbocycles. The number of hydrogen-bond acceptors (Lipinski definition) is 5. The van der Waals surface area contributed by atoms with E-state index in [2.05, 4.69) is 14.9 Å². The maximum atomic E-state index is 11.7. The summed E-state index contributed by atoms with van der Waals surface area (Å²) in [6, 6.07) is 14.0. The second kappa shape index (κ2) is 7.35. The Morgan fingerprint density at radius 2 is 1.76 bits per heavy atom. The van der Waals surface area contributed by atoms with Crippen LogP contribution in [0.3, 0.4) is 0 Å². The molecule has 3 rings (SSSR count). The topological polar surface area (TPSA) is 86.1 Å². The maximum Gasteiger partial charge on any atom is 0.238 e. The lowest BCUT2D eigenvalue weighted by Gasteiger charge is -2.08. The summed E-state index contributed by atoms with van der Waals surface area (Å²) in [6.45, 7) is 1.82. The first-order valence-electron chi connectivity index (χ1n) is 7.81. The van der Waals surface area contributed by atoms with Gasteiger partial charge in [0.1, 0.15) is 5.75 Å². The van der Waals surface area contributed by atoms with Crippen molar-refractivity contribution in [2.75, 3.05) is 10.5 Å². The van der Waals surface area contributed by atoms with Crippen molar-refractivity contribution in [3.8, 4) is 17.4 Å². The SMILES string of the molecule is CCCS(=O)(=O)Nc1ccc(Oc2ccc(-n3cccc3)nn2)cc1. The van der Waals surface area contributed by atoms with Gasteiger partial charge in [-0.3, -0.25) is 4.72 Å². The second-order valence-corrected chi connectivity index (χ2v) is 7.21. The summed E-state index contributed by atoms with van der Waals surface area (Å²) >= 11 is 0. The first-order chi connectivity index (χ1) is 12.1. The summed E-state index contributed by atoms with van der Waals surface area (Å²) in [4.78, 5) is 0. The summed E-state index contributed by atoms with van der Waals surface area (Å²) < 4.78 is 33.5. The molecule has 0 unspecified atom stereocenters. The molecule has 7 nitrogen and oxygen atoms in total. The van der Waals surface area contributed by atoms with Crippen LogP contribution in [0, 0.1) is 0 Å². The van der Waals surface area contributed by atoms with Crippen molar-refractivity contribution in [1.29, 1.82) is 0 Å². The fraction of sp³-hybridized carbons (Fsp3) is 0.176. The molecular weight excluding hydrogens is 340 g/mol. The van der Waals surface area contributed by atoms with Gasteiger partial charge in [-0.15, -0.1) is 10.2 Å². The van der Waals surface area contributed by atoms with E-state index >= 15 is 0 Å². The van der Waals surface area contributed by atoms with Gasteiger partial charge < -0.3 is 9.30 Å². The molecule has 0 fully saturated rings. The lowest BCUT2D eigenvalue weighted by Crippen LogP contribution is -2.15. The van der Waals surface area contributed by atoms with Gasteiger partial charge in [-0.25, -0.2) is 8.42 Å².